The van der Waals surface area contributed by atoms with Crippen LogP contribution in [0.15, 0.2) is 0 Å². The summed E-state index contributed by atoms with van der Waals surface area (Å²) in [5, 5.41) is 10.6. The quantitative estimate of drug-likeness (QED) is 0.0222. The fraction of sp³-hybridized carbons (Fsp3) is 0.945. The smallest absolute Gasteiger partial charge is 0.462 e. The highest BCUT2D eigenvalue weighted by Crippen LogP contribution is 2.45. The van der Waals surface area contributed by atoms with E-state index in [2.05, 4.69) is 48.5 Å². The van der Waals surface area contributed by atoms with E-state index in [0.29, 0.717) is 25.7 Å². The maximum absolute atomic E-state index is 13.1. The van der Waals surface area contributed by atoms with Crippen LogP contribution in [0.5, 0.6) is 0 Å². The Balaban J connectivity index is 5.25. The number of esters is 4. The number of phosphoric ester groups is 2. The fourth-order valence-electron chi connectivity index (χ4n) is 11.1. The molecule has 0 saturated carbocycles. The van der Waals surface area contributed by atoms with E-state index < -0.39 is 97.5 Å². The van der Waals surface area contributed by atoms with E-state index >= 15 is 0 Å². The number of rotatable bonds is 71. The molecule has 0 aromatic rings. The minimum absolute atomic E-state index is 0.104. The third kappa shape index (κ3) is 66.7. The first kappa shape index (κ1) is 90.1. The SMILES string of the molecule is CCCCCCCCCCCCCCCC(=O)OC[C@H](COP(=O)(O)OC[C@@H](O)COP(=O)(O)OC[C@@H](COC(=O)CCCCCCCCCCC(C)C)OC(=O)CCCCCCCCCCC(C)C)OC(=O)CCCCCCCCCCCCCCCCC(C)C. The van der Waals surface area contributed by atoms with Gasteiger partial charge in [-0.2, -0.15) is 0 Å². The summed E-state index contributed by atoms with van der Waals surface area (Å²) >= 11 is 0. The second-order valence-electron chi connectivity index (χ2n) is 27.8. The molecule has 0 rings (SSSR count). The van der Waals surface area contributed by atoms with Crippen molar-refractivity contribution in [3.8, 4) is 0 Å². The Labute approximate surface area is 562 Å². The molecule has 92 heavy (non-hydrogen) atoms. The molecule has 0 fully saturated rings. The van der Waals surface area contributed by atoms with Gasteiger partial charge in [0.25, 0.3) is 0 Å². The maximum atomic E-state index is 13.1. The molecular weight excluding hydrogens is 1210 g/mol. The number of hydrogen-bond donors (Lipinski definition) is 3. The number of phosphoric acid groups is 2. The van der Waals surface area contributed by atoms with Crippen LogP contribution in [0.25, 0.3) is 0 Å². The van der Waals surface area contributed by atoms with Crippen LogP contribution in [-0.2, 0) is 65.4 Å². The molecule has 0 bridgehead atoms. The lowest BCUT2D eigenvalue weighted by molar-refractivity contribution is -0.161. The lowest BCUT2D eigenvalue weighted by Gasteiger charge is -2.21. The van der Waals surface area contributed by atoms with Crippen LogP contribution in [-0.4, -0.2) is 96.7 Å². The molecule has 19 heteroatoms. The Kier molecular flexibility index (Phi) is 62.4. The predicted octanol–water partition coefficient (Wildman–Crippen LogP) is 21.0. The van der Waals surface area contributed by atoms with Crippen molar-refractivity contribution in [2.75, 3.05) is 39.6 Å². The summed E-state index contributed by atoms with van der Waals surface area (Å²) in [5.41, 5.74) is 0. The molecule has 0 aliphatic heterocycles. The number of aliphatic hydroxyl groups excluding tert-OH is 1. The maximum Gasteiger partial charge on any atom is 0.472 e. The highest BCUT2D eigenvalue weighted by molar-refractivity contribution is 7.47. The Hall–Kier alpha value is -1.94. The van der Waals surface area contributed by atoms with E-state index in [9.17, 15) is 43.2 Å². The monoisotopic (exact) mass is 1350 g/mol. The van der Waals surface area contributed by atoms with Crippen molar-refractivity contribution in [2.45, 2.75) is 388 Å². The lowest BCUT2D eigenvalue weighted by Crippen LogP contribution is -2.30. The highest BCUT2D eigenvalue weighted by Gasteiger charge is 2.30. The molecule has 0 amide bonds. The normalized spacial score (nSPS) is 14.1. The Morgan fingerprint density at radius 2 is 0.500 bits per heavy atom. The molecule has 0 spiro atoms. The average Bonchev–Trinajstić information content (AvgIpc) is 1.49. The van der Waals surface area contributed by atoms with Crippen molar-refractivity contribution >= 4 is 39.5 Å². The van der Waals surface area contributed by atoms with Crippen LogP contribution in [0.3, 0.4) is 0 Å². The second kappa shape index (κ2) is 63.8. The number of carbonyl (C=O) groups excluding carboxylic acids is 4. The minimum Gasteiger partial charge on any atom is -0.462 e. The van der Waals surface area contributed by atoms with Crippen molar-refractivity contribution in [3.63, 3.8) is 0 Å². The van der Waals surface area contributed by atoms with Gasteiger partial charge in [-0.05, 0) is 43.4 Å². The average molecular weight is 1350 g/mol. The summed E-state index contributed by atoms with van der Waals surface area (Å²) in [6.45, 7) is 11.8. The molecule has 0 aromatic heterocycles. The van der Waals surface area contributed by atoms with E-state index in [1.54, 1.807) is 0 Å². The van der Waals surface area contributed by atoms with Crippen LogP contribution in [0.1, 0.15) is 370 Å². The zero-order valence-corrected chi connectivity index (χ0v) is 61.8. The molecule has 0 radical (unpaired) electrons. The molecule has 17 nitrogen and oxygen atoms in total. The van der Waals surface area contributed by atoms with E-state index in [-0.39, 0.29) is 25.7 Å². The summed E-state index contributed by atoms with van der Waals surface area (Å²) in [5.74, 6) is 0.117. The Morgan fingerprint density at radius 3 is 0.739 bits per heavy atom. The van der Waals surface area contributed by atoms with Crippen molar-refractivity contribution in [1.82, 2.24) is 0 Å². The van der Waals surface area contributed by atoms with Gasteiger partial charge in [0.15, 0.2) is 12.2 Å². The number of carbonyl (C=O) groups is 4. The number of unbranched alkanes of at least 4 members (excludes halogenated alkanes) is 39. The minimum atomic E-state index is -4.95. The van der Waals surface area contributed by atoms with E-state index in [4.69, 9.17) is 37.0 Å². The number of hydrogen-bond acceptors (Lipinski definition) is 15. The zero-order chi connectivity index (χ0) is 68.0. The van der Waals surface area contributed by atoms with Gasteiger partial charge in [0.2, 0.25) is 0 Å². The topological polar surface area (TPSA) is 237 Å². The fourth-order valence-corrected chi connectivity index (χ4v) is 12.7. The number of aliphatic hydroxyl groups is 1. The largest absolute Gasteiger partial charge is 0.472 e. The zero-order valence-electron chi connectivity index (χ0n) is 60.0. The summed E-state index contributed by atoms with van der Waals surface area (Å²) in [6.07, 6.45) is 48.6. The van der Waals surface area contributed by atoms with Gasteiger partial charge >= 0.3 is 39.5 Å². The van der Waals surface area contributed by atoms with E-state index in [0.717, 1.165) is 108 Å². The van der Waals surface area contributed by atoms with Gasteiger partial charge < -0.3 is 33.8 Å². The summed E-state index contributed by atoms with van der Waals surface area (Å²) in [4.78, 5) is 72.7. The molecule has 0 aromatic carbocycles. The standard InChI is InChI=1S/C73H142O17P2/c1-8-9-10-11-12-13-14-17-21-24-33-40-47-54-70(75)83-60-68(89-72(77)56-49-42-35-25-22-19-16-15-18-20-23-30-37-44-51-64(2)3)62-87-91(79,80)85-58-67(74)59-86-92(81,82)88-63-69(90-73(78)57-50-43-36-29-27-32-39-46-53-66(6)7)61-84-71(76)55-48-41-34-28-26-31-38-45-52-65(4)5/h64-69,74H,8-63H2,1-7H3,(H,79,80)(H,81,82)/t67-,68-,69-/m1/s1. The van der Waals surface area contributed by atoms with Crippen molar-refractivity contribution < 1.29 is 80.2 Å². The Morgan fingerprint density at radius 1 is 0.293 bits per heavy atom. The van der Waals surface area contributed by atoms with Crippen LogP contribution in [0.4, 0.5) is 0 Å². The third-order valence-corrected chi connectivity index (χ3v) is 18.8. The van der Waals surface area contributed by atoms with Gasteiger partial charge in [0.1, 0.15) is 19.3 Å². The summed E-state index contributed by atoms with van der Waals surface area (Å²) < 4.78 is 68.4. The van der Waals surface area contributed by atoms with Gasteiger partial charge in [-0.15, -0.1) is 0 Å². The molecule has 0 aliphatic rings. The van der Waals surface area contributed by atoms with Gasteiger partial charge in [-0.3, -0.25) is 37.3 Å². The van der Waals surface area contributed by atoms with Crippen LogP contribution >= 0.6 is 15.6 Å². The summed E-state index contributed by atoms with van der Waals surface area (Å²) in [7, 11) is -9.91. The van der Waals surface area contributed by atoms with Crippen molar-refractivity contribution in [2.24, 2.45) is 17.8 Å². The van der Waals surface area contributed by atoms with E-state index in [1.807, 2.05) is 0 Å². The number of ether oxygens (including phenoxy) is 4. The van der Waals surface area contributed by atoms with Gasteiger partial charge in [0, 0.05) is 25.7 Å². The molecule has 2 unspecified atom stereocenters. The van der Waals surface area contributed by atoms with Gasteiger partial charge in [-0.1, -0.05) is 318 Å². The molecule has 5 atom stereocenters. The third-order valence-electron chi connectivity index (χ3n) is 16.9. The van der Waals surface area contributed by atoms with Crippen LogP contribution in [0, 0.1) is 17.8 Å². The van der Waals surface area contributed by atoms with Crippen molar-refractivity contribution in [1.29, 1.82) is 0 Å². The highest BCUT2D eigenvalue weighted by atomic mass is 31.2. The Bertz CT molecular complexity index is 1800. The first-order valence-electron chi connectivity index (χ1n) is 37.8. The van der Waals surface area contributed by atoms with Crippen molar-refractivity contribution in [3.05, 3.63) is 0 Å². The molecule has 3 N–H and O–H groups in total. The molecule has 0 saturated heterocycles. The molecular formula is C73H142O17P2. The van der Waals surface area contributed by atoms with E-state index in [1.165, 1.54) is 180 Å². The van der Waals surface area contributed by atoms with Crippen LogP contribution < -0.4 is 0 Å². The predicted molar refractivity (Wildman–Crippen MR) is 372 cm³/mol. The van der Waals surface area contributed by atoms with Gasteiger partial charge in [-0.25, -0.2) is 9.13 Å². The molecule has 0 heterocycles. The van der Waals surface area contributed by atoms with Crippen LogP contribution in [0.2, 0.25) is 0 Å². The first-order chi connectivity index (χ1) is 44.2. The second-order valence-corrected chi connectivity index (χ2v) is 30.7. The summed E-state index contributed by atoms with van der Waals surface area (Å²) in [6, 6.07) is 0. The lowest BCUT2D eigenvalue weighted by atomic mass is 10.0. The van der Waals surface area contributed by atoms with Gasteiger partial charge in [0.05, 0.1) is 26.4 Å². The molecule has 0 aliphatic carbocycles. The molecule has 546 valence electrons. The first-order valence-corrected chi connectivity index (χ1v) is 40.8.